The number of nitrogens with one attached hydrogen (secondary N) is 5. The number of hydrogen-bond donors (Lipinski definition) is 5. The first-order valence-electron chi connectivity index (χ1n) is 28.4. The van der Waals surface area contributed by atoms with Crippen LogP contribution in [0.5, 0.6) is 11.5 Å². The van der Waals surface area contributed by atoms with Gasteiger partial charge in [-0.2, -0.15) is 4.57 Å². The minimum absolute atomic E-state index is 0.0583. The Bertz CT molecular complexity index is 3390. The summed E-state index contributed by atoms with van der Waals surface area (Å²) in [5.74, 6) is 1.64. The van der Waals surface area contributed by atoms with E-state index in [0.29, 0.717) is 38.0 Å². The summed E-state index contributed by atoms with van der Waals surface area (Å²) in [7, 11) is 8.31. The summed E-state index contributed by atoms with van der Waals surface area (Å²) in [6.45, 7) is 15.8. The van der Waals surface area contributed by atoms with Crippen LogP contribution in [0.2, 0.25) is 0 Å². The SMILES string of the molecule is CC1=CC(C)(C)Nc2cc3c(cc21)C(c1ccc(C(=O)NCCCCCC(=O)NCCCCCNC(=O)CCCCC[n+]2c4cc(N(C)C)ccc4cc4ccc(N(C)C)cc42)cc1)=c1cc2c(cc1O3)=[NH+]C(C)(C)C=C2C. The molecular formula is C66H82N8O4+2. The largest absolute Gasteiger partial charge is 0.456 e. The zero-order valence-corrected chi connectivity index (χ0v) is 47.9. The molecule has 3 amide bonds. The van der Waals surface area contributed by atoms with Crippen LogP contribution in [0.1, 0.15) is 145 Å². The molecule has 9 rings (SSSR count). The summed E-state index contributed by atoms with van der Waals surface area (Å²) in [4.78, 5) is 46.6. The number of ether oxygens (including phenoxy) is 1. The Morgan fingerprint density at radius 1 is 0.590 bits per heavy atom. The first kappa shape index (κ1) is 55.3. The van der Waals surface area contributed by atoms with Crippen LogP contribution in [0.15, 0.2) is 103 Å². The van der Waals surface area contributed by atoms with Crippen molar-refractivity contribution in [1.82, 2.24) is 16.0 Å². The second-order valence-electron chi connectivity index (χ2n) is 23.4. The fourth-order valence-electron chi connectivity index (χ4n) is 11.5. The van der Waals surface area contributed by atoms with E-state index in [9.17, 15) is 14.4 Å². The highest BCUT2D eigenvalue weighted by molar-refractivity contribution is 5.96. The van der Waals surface area contributed by atoms with Crippen LogP contribution < -0.4 is 55.9 Å². The molecule has 0 bridgehead atoms. The number of amides is 3. The van der Waals surface area contributed by atoms with E-state index in [4.69, 9.17) is 4.74 Å². The third-order valence-corrected chi connectivity index (χ3v) is 15.5. The smallest absolute Gasteiger partial charge is 0.251 e. The van der Waals surface area contributed by atoms with Gasteiger partial charge in [0.05, 0.1) is 11.6 Å². The van der Waals surface area contributed by atoms with E-state index in [1.54, 1.807) is 0 Å². The van der Waals surface area contributed by atoms with Gasteiger partial charge in [0.2, 0.25) is 28.2 Å². The van der Waals surface area contributed by atoms with Crippen molar-refractivity contribution in [2.24, 2.45) is 0 Å². The maximum absolute atomic E-state index is 13.4. The predicted octanol–water partition coefficient (Wildman–Crippen LogP) is 9.22. The third kappa shape index (κ3) is 12.9. The molecule has 0 fully saturated rings. The van der Waals surface area contributed by atoms with Crippen molar-refractivity contribution in [2.75, 3.05) is 62.9 Å². The van der Waals surface area contributed by atoms with Crippen molar-refractivity contribution in [3.63, 3.8) is 0 Å². The average Bonchev–Trinajstić information content (AvgIpc) is 3.59. The molecule has 0 aliphatic carbocycles. The van der Waals surface area contributed by atoms with E-state index >= 15 is 0 Å². The topological polar surface area (TPSA) is 133 Å². The van der Waals surface area contributed by atoms with E-state index in [1.807, 2.05) is 24.3 Å². The molecule has 1 aromatic heterocycles. The molecule has 0 unspecified atom stereocenters. The fraction of sp³-hybridized carbons (Fsp3) is 0.409. The van der Waals surface area contributed by atoms with E-state index in [1.165, 1.54) is 44.3 Å². The molecule has 5 N–H and O–H groups in total. The number of hydrogen-bond acceptors (Lipinski definition) is 7. The number of aromatic nitrogens is 1. The fourth-order valence-corrected chi connectivity index (χ4v) is 11.5. The van der Waals surface area contributed by atoms with Crippen LogP contribution in [0, 0.1) is 0 Å². The van der Waals surface area contributed by atoms with Crippen LogP contribution in [-0.4, -0.2) is 76.6 Å². The molecule has 408 valence electrons. The van der Waals surface area contributed by atoms with E-state index < -0.39 is 0 Å². The number of nitrogens with zero attached hydrogens (tertiary/aromatic N) is 3. The number of carbonyl (C=O) groups excluding carboxylic acids is 3. The second kappa shape index (κ2) is 23.6. The lowest BCUT2D eigenvalue weighted by Gasteiger charge is -2.33. The van der Waals surface area contributed by atoms with Gasteiger partial charge in [-0.1, -0.05) is 24.6 Å². The molecule has 0 spiro atoms. The molecule has 6 aromatic rings. The molecule has 0 saturated heterocycles. The van der Waals surface area contributed by atoms with Crippen molar-refractivity contribution >= 4 is 73.3 Å². The van der Waals surface area contributed by atoms with Crippen molar-refractivity contribution in [1.29, 1.82) is 0 Å². The van der Waals surface area contributed by atoms with Gasteiger partial charge in [0.25, 0.3) is 5.91 Å². The average molecular weight is 1050 g/mol. The van der Waals surface area contributed by atoms with Gasteiger partial charge >= 0.3 is 0 Å². The summed E-state index contributed by atoms with van der Waals surface area (Å²) in [5.41, 5.74) is 13.9. The zero-order valence-electron chi connectivity index (χ0n) is 47.9. The zero-order chi connectivity index (χ0) is 55.3. The number of pyridine rings is 1. The highest BCUT2D eigenvalue weighted by Gasteiger charge is 2.31. The van der Waals surface area contributed by atoms with Crippen LogP contribution in [-0.2, 0) is 16.1 Å². The Labute approximate surface area is 461 Å². The molecule has 3 aliphatic heterocycles. The molecule has 0 radical (unpaired) electrons. The first-order valence-corrected chi connectivity index (χ1v) is 28.4. The molecule has 4 heterocycles. The number of allylic oxidation sites excluding steroid dienone is 2. The summed E-state index contributed by atoms with van der Waals surface area (Å²) < 4.78 is 9.21. The number of benzene rings is 5. The van der Waals surface area contributed by atoms with Gasteiger partial charge in [0.1, 0.15) is 18.0 Å². The maximum atomic E-state index is 13.4. The van der Waals surface area contributed by atoms with E-state index in [2.05, 4.69) is 189 Å². The molecule has 0 saturated carbocycles. The number of fused-ring (bicyclic) bond motifs is 6. The van der Waals surface area contributed by atoms with Crippen LogP contribution in [0.25, 0.3) is 38.5 Å². The van der Waals surface area contributed by atoms with Gasteiger partial charge in [0.15, 0.2) is 5.54 Å². The van der Waals surface area contributed by atoms with Gasteiger partial charge in [-0.3, -0.25) is 14.4 Å². The molecule has 3 aliphatic rings. The minimum Gasteiger partial charge on any atom is -0.456 e. The Hall–Kier alpha value is -7.47. The monoisotopic (exact) mass is 1050 g/mol. The van der Waals surface area contributed by atoms with Crippen molar-refractivity contribution in [3.05, 3.63) is 142 Å². The van der Waals surface area contributed by atoms with Gasteiger partial charge in [0, 0.05) is 160 Å². The number of anilines is 3. The summed E-state index contributed by atoms with van der Waals surface area (Å²) in [5, 5.41) is 17.5. The third-order valence-electron chi connectivity index (χ3n) is 15.5. The Morgan fingerprint density at radius 3 is 1.78 bits per heavy atom. The van der Waals surface area contributed by atoms with Crippen LogP contribution in [0.3, 0.4) is 0 Å². The van der Waals surface area contributed by atoms with Gasteiger partial charge in [-0.15, -0.1) is 0 Å². The van der Waals surface area contributed by atoms with Crippen molar-refractivity contribution in [3.8, 4) is 11.5 Å². The Balaban J connectivity index is 0.671. The minimum atomic E-state index is -0.184. The van der Waals surface area contributed by atoms with Gasteiger partial charge < -0.3 is 35.8 Å². The predicted molar refractivity (Wildman–Crippen MR) is 319 cm³/mol. The maximum Gasteiger partial charge on any atom is 0.251 e. The molecule has 78 heavy (non-hydrogen) atoms. The quantitative estimate of drug-likeness (QED) is 0.0260. The number of aryl methyl sites for hydroxylation is 1. The van der Waals surface area contributed by atoms with E-state index in [0.717, 1.165) is 120 Å². The van der Waals surface area contributed by atoms with Crippen molar-refractivity contribution < 1.29 is 28.7 Å². The summed E-state index contributed by atoms with van der Waals surface area (Å²) in [6, 6.07) is 32.3. The summed E-state index contributed by atoms with van der Waals surface area (Å²) >= 11 is 0. The van der Waals surface area contributed by atoms with Crippen LogP contribution in [0.4, 0.5) is 17.1 Å². The van der Waals surface area contributed by atoms with Crippen molar-refractivity contribution in [2.45, 2.75) is 130 Å². The van der Waals surface area contributed by atoms with Gasteiger partial charge in [-0.25, -0.2) is 4.99 Å². The molecule has 0 atom stereocenters. The Kier molecular flexibility index (Phi) is 16.8. The molecule has 12 nitrogen and oxygen atoms in total. The lowest BCUT2D eigenvalue weighted by Crippen LogP contribution is -2.89. The number of carbonyl (C=O) groups is 3. The second-order valence-corrected chi connectivity index (χ2v) is 23.4. The lowest BCUT2D eigenvalue weighted by molar-refractivity contribution is -0.645. The summed E-state index contributed by atoms with van der Waals surface area (Å²) in [6.07, 6.45) is 13.5. The molecule has 5 aromatic carbocycles. The first-order chi connectivity index (χ1) is 37.3. The normalized spacial score (nSPS) is 14.6. The van der Waals surface area contributed by atoms with Gasteiger partial charge in [-0.05, 0) is 150 Å². The highest BCUT2D eigenvalue weighted by Crippen LogP contribution is 2.44. The Morgan fingerprint density at radius 2 is 1.17 bits per heavy atom. The highest BCUT2D eigenvalue weighted by atomic mass is 16.5. The van der Waals surface area contributed by atoms with Crippen LogP contribution >= 0.6 is 0 Å². The van der Waals surface area contributed by atoms with E-state index in [-0.39, 0.29) is 28.8 Å². The molecule has 12 heteroatoms. The number of unbranched alkanes of at least 4 members (excludes halogenated alkanes) is 6. The lowest BCUT2D eigenvalue weighted by atomic mass is 9.85. The standard InChI is InChI=1S/C66H80N8O4/c1-43-41-65(3,4)70-55-39-59-53(37-51(43)55)63(54-38-52-44(2)42-66(5,6)71-56(52)40-60(54)78-59)45-22-24-46(25-23-45)64(77)69-32-16-11-14-20-61(75)67-30-17-13-18-31-68-62(76)21-15-12-19-33-74-57-35-49(72(7)8)28-26-47(57)34-48-27-29-50(73(9)10)36-58(48)74/h22-29,34-42H,11-21,30-33H2,1-10H3,(H3-,67,68,69,70,71,75,76,77)/p+2. The molecular weight excluding hydrogens is 969 g/mol. The number of rotatable bonds is 22.